The first-order valence-electron chi connectivity index (χ1n) is 5.74. The van der Waals surface area contributed by atoms with Gasteiger partial charge in [0.15, 0.2) is 0 Å². The molecule has 0 bridgehead atoms. The SMILES string of the molecule is Cc1ccc(N)cc1SC(C)c1ccccc1. The lowest BCUT2D eigenvalue weighted by Crippen LogP contribution is -1.91. The summed E-state index contributed by atoms with van der Waals surface area (Å²) in [6.45, 7) is 4.35. The molecule has 2 aromatic rings. The van der Waals surface area contributed by atoms with Crippen molar-refractivity contribution in [1.29, 1.82) is 0 Å². The zero-order valence-electron chi connectivity index (χ0n) is 10.2. The van der Waals surface area contributed by atoms with Crippen molar-refractivity contribution in [3.63, 3.8) is 0 Å². The number of aryl methyl sites for hydroxylation is 1. The standard InChI is InChI=1S/C15H17NS/c1-11-8-9-14(16)10-15(11)17-12(2)13-6-4-3-5-7-13/h3-10,12H,16H2,1-2H3. The Labute approximate surface area is 107 Å². The van der Waals surface area contributed by atoms with Crippen molar-refractivity contribution in [2.24, 2.45) is 0 Å². The fraction of sp³-hybridized carbons (Fsp3) is 0.200. The lowest BCUT2D eigenvalue weighted by molar-refractivity contribution is 1.09. The third-order valence-corrected chi connectivity index (χ3v) is 4.10. The van der Waals surface area contributed by atoms with E-state index in [2.05, 4.69) is 50.2 Å². The first-order valence-corrected chi connectivity index (χ1v) is 6.62. The lowest BCUT2D eigenvalue weighted by atomic mass is 10.2. The molecule has 1 unspecified atom stereocenters. The average Bonchev–Trinajstić information content (AvgIpc) is 2.35. The molecular weight excluding hydrogens is 226 g/mol. The molecule has 0 aromatic heterocycles. The van der Waals surface area contributed by atoms with Crippen LogP contribution in [-0.2, 0) is 0 Å². The highest BCUT2D eigenvalue weighted by atomic mass is 32.2. The number of thioether (sulfide) groups is 1. The predicted molar refractivity (Wildman–Crippen MR) is 76.3 cm³/mol. The predicted octanol–water partition coefficient (Wildman–Crippen LogP) is 4.43. The summed E-state index contributed by atoms with van der Waals surface area (Å²) in [5, 5.41) is 0.441. The van der Waals surface area contributed by atoms with Crippen molar-refractivity contribution in [1.82, 2.24) is 0 Å². The molecule has 0 saturated carbocycles. The van der Waals surface area contributed by atoms with Crippen LogP contribution in [0.2, 0.25) is 0 Å². The number of nitrogen functional groups attached to an aromatic ring is 1. The summed E-state index contributed by atoms with van der Waals surface area (Å²) in [7, 11) is 0. The van der Waals surface area contributed by atoms with Crippen LogP contribution in [0.3, 0.4) is 0 Å². The van der Waals surface area contributed by atoms with E-state index < -0.39 is 0 Å². The van der Waals surface area contributed by atoms with E-state index in [4.69, 9.17) is 5.73 Å². The second kappa shape index (κ2) is 5.28. The molecule has 0 aliphatic heterocycles. The van der Waals surface area contributed by atoms with Gasteiger partial charge < -0.3 is 5.73 Å². The smallest absolute Gasteiger partial charge is 0.0325 e. The van der Waals surface area contributed by atoms with Gasteiger partial charge in [-0.05, 0) is 37.1 Å². The van der Waals surface area contributed by atoms with E-state index in [1.54, 1.807) is 0 Å². The Morgan fingerprint density at radius 3 is 2.47 bits per heavy atom. The van der Waals surface area contributed by atoms with Gasteiger partial charge in [-0.15, -0.1) is 11.8 Å². The second-order valence-electron chi connectivity index (χ2n) is 4.20. The minimum Gasteiger partial charge on any atom is -0.399 e. The molecule has 88 valence electrons. The van der Waals surface area contributed by atoms with Gasteiger partial charge in [0.1, 0.15) is 0 Å². The maximum atomic E-state index is 5.83. The summed E-state index contributed by atoms with van der Waals surface area (Å²) in [5.74, 6) is 0. The molecule has 0 radical (unpaired) electrons. The molecule has 0 heterocycles. The lowest BCUT2D eigenvalue weighted by Gasteiger charge is -2.13. The van der Waals surface area contributed by atoms with Gasteiger partial charge in [-0.3, -0.25) is 0 Å². The highest BCUT2D eigenvalue weighted by Crippen LogP contribution is 2.36. The minimum absolute atomic E-state index is 0.441. The van der Waals surface area contributed by atoms with Gasteiger partial charge in [-0.2, -0.15) is 0 Å². The fourth-order valence-electron chi connectivity index (χ4n) is 1.73. The molecular formula is C15H17NS. The molecule has 0 fully saturated rings. The molecule has 2 aromatic carbocycles. The van der Waals surface area contributed by atoms with Crippen LogP contribution in [0.15, 0.2) is 53.4 Å². The topological polar surface area (TPSA) is 26.0 Å². The number of anilines is 1. The van der Waals surface area contributed by atoms with Crippen molar-refractivity contribution in [2.45, 2.75) is 24.0 Å². The van der Waals surface area contributed by atoms with Crippen molar-refractivity contribution in [3.05, 3.63) is 59.7 Å². The summed E-state index contributed by atoms with van der Waals surface area (Å²) in [6, 6.07) is 16.6. The summed E-state index contributed by atoms with van der Waals surface area (Å²) >= 11 is 1.86. The van der Waals surface area contributed by atoms with Gasteiger partial charge in [0.25, 0.3) is 0 Å². The van der Waals surface area contributed by atoms with Crippen LogP contribution in [0.5, 0.6) is 0 Å². The average molecular weight is 243 g/mol. The number of nitrogens with two attached hydrogens (primary N) is 1. The van der Waals surface area contributed by atoms with E-state index in [1.165, 1.54) is 16.0 Å². The van der Waals surface area contributed by atoms with Crippen LogP contribution in [0.25, 0.3) is 0 Å². The summed E-state index contributed by atoms with van der Waals surface area (Å²) in [5.41, 5.74) is 9.29. The van der Waals surface area contributed by atoms with Gasteiger partial charge in [-0.1, -0.05) is 36.4 Å². The van der Waals surface area contributed by atoms with E-state index in [0.717, 1.165) is 5.69 Å². The van der Waals surface area contributed by atoms with Crippen LogP contribution in [0, 0.1) is 6.92 Å². The summed E-state index contributed by atoms with van der Waals surface area (Å²) in [4.78, 5) is 1.27. The first-order chi connectivity index (χ1) is 8.16. The molecule has 1 atom stereocenters. The Kier molecular flexibility index (Phi) is 3.75. The molecule has 0 amide bonds. The normalized spacial score (nSPS) is 12.4. The quantitative estimate of drug-likeness (QED) is 0.637. The maximum absolute atomic E-state index is 5.83. The van der Waals surface area contributed by atoms with Gasteiger partial charge in [0, 0.05) is 15.8 Å². The number of hydrogen-bond acceptors (Lipinski definition) is 2. The minimum atomic E-state index is 0.441. The monoisotopic (exact) mass is 243 g/mol. The van der Waals surface area contributed by atoms with Gasteiger partial charge in [0.05, 0.1) is 0 Å². The fourth-order valence-corrected chi connectivity index (χ4v) is 2.86. The molecule has 2 heteroatoms. The Morgan fingerprint density at radius 1 is 1.06 bits per heavy atom. The largest absolute Gasteiger partial charge is 0.399 e. The zero-order chi connectivity index (χ0) is 12.3. The molecule has 0 aliphatic rings. The number of benzene rings is 2. The number of hydrogen-bond donors (Lipinski definition) is 1. The molecule has 0 spiro atoms. The van der Waals surface area contributed by atoms with Crippen LogP contribution in [0.1, 0.15) is 23.3 Å². The first kappa shape index (κ1) is 12.1. The Morgan fingerprint density at radius 2 is 1.76 bits per heavy atom. The highest BCUT2D eigenvalue weighted by molar-refractivity contribution is 7.99. The maximum Gasteiger partial charge on any atom is 0.0325 e. The Balaban J connectivity index is 2.18. The molecule has 1 nitrogen and oxygen atoms in total. The molecule has 0 saturated heterocycles. The summed E-state index contributed by atoms with van der Waals surface area (Å²) in [6.07, 6.45) is 0. The molecule has 0 aliphatic carbocycles. The summed E-state index contributed by atoms with van der Waals surface area (Å²) < 4.78 is 0. The van der Waals surface area contributed by atoms with Crippen molar-refractivity contribution in [3.8, 4) is 0 Å². The van der Waals surface area contributed by atoms with Crippen molar-refractivity contribution >= 4 is 17.4 Å². The van der Waals surface area contributed by atoms with E-state index in [0.29, 0.717) is 5.25 Å². The van der Waals surface area contributed by atoms with E-state index in [9.17, 15) is 0 Å². The molecule has 2 rings (SSSR count). The van der Waals surface area contributed by atoms with Crippen LogP contribution in [-0.4, -0.2) is 0 Å². The Bertz CT molecular complexity index is 494. The molecule has 17 heavy (non-hydrogen) atoms. The molecule has 2 N–H and O–H groups in total. The van der Waals surface area contributed by atoms with Crippen LogP contribution in [0.4, 0.5) is 5.69 Å². The third kappa shape index (κ3) is 3.04. The second-order valence-corrected chi connectivity index (χ2v) is 5.58. The van der Waals surface area contributed by atoms with E-state index in [-0.39, 0.29) is 0 Å². The van der Waals surface area contributed by atoms with Crippen LogP contribution < -0.4 is 5.73 Å². The van der Waals surface area contributed by atoms with Gasteiger partial charge in [0.2, 0.25) is 0 Å². The van der Waals surface area contributed by atoms with Crippen molar-refractivity contribution in [2.75, 3.05) is 5.73 Å². The van der Waals surface area contributed by atoms with Gasteiger partial charge in [-0.25, -0.2) is 0 Å². The number of rotatable bonds is 3. The van der Waals surface area contributed by atoms with E-state index in [1.807, 2.05) is 23.9 Å². The van der Waals surface area contributed by atoms with Crippen molar-refractivity contribution < 1.29 is 0 Å². The van der Waals surface area contributed by atoms with E-state index >= 15 is 0 Å². The highest BCUT2D eigenvalue weighted by Gasteiger charge is 2.08. The Hall–Kier alpha value is -1.41. The van der Waals surface area contributed by atoms with Gasteiger partial charge >= 0.3 is 0 Å². The zero-order valence-corrected chi connectivity index (χ0v) is 11.0. The third-order valence-electron chi connectivity index (χ3n) is 2.78. The van der Waals surface area contributed by atoms with Crippen LogP contribution >= 0.6 is 11.8 Å².